The topological polar surface area (TPSA) is 54.2 Å². The average Bonchev–Trinajstić information content (AvgIpc) is 2.42. The van der Waals surface area contributed by atoms with Crippen molar-refractivity contribution in [3.8, 4) is 0 Å². The summed E-state index contributed by atoms with van der Waals surface area (Å²) in [7, 11) is 0. The van der Waals surface area contributed by atoms with Crippen molar-refractivity contribution < 1.29 is 4.52 Å². The van der Waals surface area contributed by atoms with Crippen molar-refractivity contribution in [3.63, 3.8) is 0 Å². The van der Waals surface area contributed by atoms with E-state index in [1.807, 2.05) is 0 Å². The molecule has 1 N–H and O–H groups in total. The Labute approximate surface area is 56.5 Å². The second kappa shape index (κ2) is 1.70. The Bertz CT molecular complexity index is 331. The van der Waals surface area contributed by atoms with Gasteiger partial charge in [0.25, 0.3) is 0 Å². The highest BCUT2D eigenvalue weighted by atomic mass is 16.5. The molecule has 0 spiro atoms. The minimum absolute atomic E-state index is 0.705. The van der Waals surface area contributed by atoms with Crippen LogP contribution in [0.15, 0.2) is 21.8 Å². The Morgan fingerprint density at radius 3 is 3.30 bits per heavy atom. The van der Waals surface area contributed by atoms with Crippen molar-refractivity contribution in [2.45, 2.75) is 0 Å². The van der Waals surface area contributed by atoms with Gasteiger partial charge < -0.3 is 9.51 Å². The highest BCUT2D eigenvalue weighted by molar-refractivity contribution is 5.76. The number of hydrogen-bond acceptors (Lipinski definition) is 3. The molecule has 0 aliphatic heterocycles. The van der Waals surface area contributed by atoms with Crippen LogP contribution in [0.1, 0.15) is 0 Å². The maximum absolute atomic E-state index is 4.83. The summed E-state index contributed by atoms with van der Waals surface area (Å²) in [4.78, 5) is 6.63. The Morgan fingerprint density at radius 2 is 2.60 bits per heavy atom. The first kappa shape index (κ1) is 5.22. The molecule has 0 saturated heterocycles. The van der Waals surface area contributed by atoms with Gasteiger partial charge in [-0.25, -0.2) is 4.99 Å². The van der Waals surface area contributed by atoms with Gasteiger partial charge in [-0.05, 0) is 6.72 Å². The van der Waals surface area contributed by atoms with Crippen LogP contribution in [-0.2, 0) is 0 Å². The number of hydrogen-bond donors (Lipinski definition) is 1. The van der Waals surface area contributed by atoms with Gasteiger partial charge in [0.15, 0.2) is 5.58 Å². The molecule has 0 atom stereocenters. The van der Waals surface area contributed by atoms with Gasteiger partial charge in [-0.15, -0.1) is 0 Å². The SMILES string of the molecule is C=Nc1cc2oncc2[nH]1. The van der Waals surface area contributed by atoms with Crippen molar-refractivity contribution in [1.29, 1.82) is 0 Å². The summed E-state index contributed by atoms with van der Waals surface area (Å²) in [6, 6.07) is 1.75. The van der Waals surface area contributed by atoms with Crippen LogP contribution in [0.3, 0.4) is 0 Å². The van der Waals surface area contributed by atoms with Crippen molar-refractivity contribution >= 4 is 23.6 Å². The molecule has 0 unspecified atom stereocenters. The molecule has 0 fully saturated rings. The lowest BCUT2D eigenvalue weighted by atomic mass is 10.5. The quantitative estimate of drug-likeness (QED) is 0.602. The average molecular weight is 135 g/mol. The molecule has 2 heterocycles. The van der Waals surface area contributed by atoms with E-state index >= 15 is 0 Å². The molecule has 0 aliphatic rings. The second-order valence-electron chi connectivity index (χ2n) is 1.92. The van der Waals surface area contributed by atoms with Gasteiger partial charge in [-0.2, -0.15) is 0 Å². The molecule has 2 aromatic heterocycles. The van der Waals surface area contributed by atoms with E-state index in [1.165, 1.54) is 0 Å². The number of nitrogens with zero attached hydrogens (tertiary/aromatic N) is 2. The third-order valence-corrected chi connectivity index (χ3v) is 1.30. The van der Waals surface area contributed by atoms with Crippen LogP contribution in [0.25, 0.3) is 11.1 Å². The minimum atomic E-state index is 0.705. The third-order valence-electron chi connectivity index (χ3n) is 1.30. The largest absolute Gasteiger partial charge is 0.355 e. The summed E-state index contributed by atoms with van der Waals surface area (Å²) in [5.74, 6) is 0.705. The van der Waals surface area contributed by atoms with Gasteiger partial charge in [0.2, 0.25) is 0 Å². The lowest BCUT2D eigenvalue weighted by Gasteiger charge is -1.76. The summed E-state index contributed by atoms with van der Waals surface area (Å²) >= 11 is 0. The first-order chi connectivity index (χ1) is 4.90. The van der Waals surface area contributed by atoms with Crippen molar-refractivity contribution in [2.75, 3.05) is 0 Å². The third kappa shape index (κ3) is 0.556. The summed E-state index contributed by atoms with van der Waals surface area (Å²) in [6.45, 7) is 3.36. The van der Waals surface area contributed by atoms with Gasteiger partial charge in [0, 0.05) is 6.07 Å². The van der Waals surface area contributed by atoms with E-state index in [4.69, 9.17) is 4.52 Å². The van der Waals surface area contributed by atoms with Crippen molar-refractivity contribution in [1.82, 2.24) is 10.1 Å². The zero-order valence-corrected chi connectivity index (χ0v) is 5.16. The Balaban J connectivity index is 2.78. The minimum Gasteiger partial charge on any atom is -0.355 e. The highest BCUT2D eigenvalue weighted by Crippen LogP contribution is 2.18. The molecule has 0 aromatic carbocycles. The van der Waals surface area contributed by atoms with Crippen LogP contribution >= 0.6 is 0 Å². The zero-order valence-electron chi connectivity index (χ0n) is 5.16. The van der Waals surface area contributed by atoms with Gasteiger partial charge in [0.1, 0.15) is 11.3 Å². The molecule has 0 radical (unpaired) electrons. The van der Waals surface area contributed by atoms with E-state index in [2.05, 4.69) is 21.9 Å². The van der Waals surface area contributed by atoms with E-state index < -0.39 is 0 Å². The van der Waals surface area contributed by atoms with Gasteiger partial charge >= 0.3 is 0 Å². The smallest absolute Gasteiger partial charge is 0.186 e. The van der Waals surface area contributed by atoms with Crippen molar-refractivity contribution in [2.24, 2.45) is 4.99 Å². The molecule has 0 saturated carbocycles. The number of nitrogens with one attached hydrogen (secondary N) is 1. The maximum Gasteiger partial charge on any atom is 0.186 e. The monoisotopic (exact) mass is 135 g/mol. The predicted octanol–water partition coefficient (Wildman–Crippen LogP) is 1.49. The summed E-state index contributed by atoms with van der Waals surface area (Å²) in [6.07, 6.45) is 1.60. The van der Waals surface area contributed by atoms with Crippen LogP contribution in [-0.4, -0.2) is 16.9 Å². The fourth-order valence-electron chi connectivity index (χ4n) is 0.830. The lowest BCUT2D eigenvalue weighted by Crippen LogP contribution is -1.58. The van der Waals surface area contributed by atoms with Crippen LogP contribution < -0.4 is 0 Å². The fraction of sp³-hybridized carbons (Fsp3) is 0. The highest BCUT2D eigenvalue weighted by Gasteiger charge is 2.00. The molecular formula is C6H5N3O. The molecule has 2 aromatic rings. The van der Waals surface area contributed by atoms with E-state index in [9.17, 15) is 0 Å². The molecule has 0 amide bonds. The molecule has 50 valence electrons. The number of rotatable bonds is 1. The summed E-state index contributed by atoms with van der Waals surface area (Å²) in [5, 5.41) is 3.57. The van der Waals surface area contributed by atoms with E-state index in [0.29, 0.717) is 11.4 Å². The molecule has 2 rings (SSSR count). The first-order valence-electron chi connectivity index (χ1n) is 2.80. The van der Waals surface area contributed by atoms with Gasteiger partial charge in [-0.1, -0.05) is 5.16 Å². The summed E-state index contributed by atoms with van der Waals surface area (Å²) < 4.78 is 4.83. The molecule has 0 bridgehead atoms. The van der Waals surface area contributed by atoms with Crippen molar-refractivity contribution in [3.05, 3.63) is 12.3 Å². The normalized spacial score (nSPS) is 10.4. The molecule has 0 aliphatic carbocycles. The second-order valence-corrected chi connectivity index (χ2v) is 1.92. The first-order valence-corrected chi connectivity index (χ1v) is 2.80. The Kier molecular flexibility index (Phi) is 0.887. The maximum atomic E-state index is 4.83. The zero-order chi connectivity index (χ0) is 6.97. The van der Waals surface area contributed by atoms with E-state index in [1.54, 1.807) is 12.3 Å². The molecular weight excluding hydrogens is 130 g/mol. The number of H-pyrrole nitrogens is 1. The van der Waals surface area contributed by atoms with Crippen LogP contribution in [0.4, 0.5) is 5.82 Å². The van der Waals surface area contributed by atoms with Crippen LogP contribution in [0.5, 0.6) is 0 Å². The molecule has 4 nitrogen and oxygen atoms in total. The number of fused-ring (bicyclic) bond motifs is 1. The van der Waals surface area contributed by atoms with Gasteiger partial charge in [-0.3, -0.25) is 0 Å². The number of aromatic amines is 1. The summed E-state index contributed by atoms with van der Waals surface area (Å²) in [5.41, 5.74) is 1.56. The lowest BCUT2D eigenvalue weighted by molar-refractivity contribution is 0.456. The Morgan fingerprint density at radius 1 is 1.70 bits per heavy atom. The van der Waals surface area contributed by atoms with Crippen LogP contribution in [0.2, 0.25) is 0 Å². The predicted molar refractivity (Wildman–Crippen MR) is 37.6 cm³/mol. The van der Waals surface area contributed by atoms with E-state index in [-0.39, 0.29) is 0 Å². The van der Waals surface area contributed by atoms with Crippen LogP contribution in [0, 0.1) is 0 Å². The number of aliphatic imine (C=N–C) groups is 1. The Hall–Kier alpha value is -1.58. The van der Waals surface area contributed by atoms with Gasteiger partial charge in [0.05, 0.1) is 6.20 Å². The van der Waals surface area contributed by atoms with E-state index in [0.717, 1.165) is 5.52 Å². The molecule has 10 heavy (non-hydrogen) atoms. The molecule has 4 heteroatoms. The number of aromatic nitrogens is 2. The fourth-order valence-corrected chi connectivity index (χ4v) is 0.830. The standard InChI is InChI=1S/C6H5N3O/c1-7-6-2-5-4(9-6)3-8-10-5/h2-3,9H,1H2.